The topological polar surface area (TPSA) is 109 Å². The van der Waals surface area contributed by atoms with Gasteiger partial charge in [-0.3, -0.25) is 24.2 Å². The number of methoxy groups -OCH3 is 1. The summed E-state index contributed by atoms with van der Waals surface area (Å²) in [5, 5.41) is 11.8. The molecule has 11 heteroatoms. The fourth-order valence-corrected chi connectivity index (χ4v) is 14.8. The number of aliphatic hydroxyl groups is 1. The summed E-state index contributed by atoms with van der Waals surface area (Å²) in [4.78, 5) is 50.6. The Balaban J connectivity index is 1.13. The number of hydrogen-bond donors (Lipinski definition) is 1. The van der Waals surface area contributed by atoms with Crippen LogP contribution in [0, 0.1) is 5.92 Å². The van der Waals surface area contributed by atoms with Crippen molar-refractivity contribution < 1.29 is 33.7 Å². The van der Waals surface area contributed by atoms with Gasteiger partial charge in [0.05, 0.1) is 57.3 Å². The molecular weight excluding hydrogens is 807 g/mol. The zero-order valence-corrected chi connectivity index (χ0v) is 36.7. The van der Waals surface area contributed by atoms with Crippen LogP contribution in [0.3, 0.4) is 0 Å². The number of fused-ring (bicyclic) bond motifs is 5. The lowest BCUT2D eigenvalue weighted by molar-refractivity contribution is -0.150. The van der Waals surface area contributed by atoms with E-state index in [1.807, 2.05) is 115 Å². The van der Waals surface area contributed by atoms with Gasteiger partial charge in [-0.15, -0.1) is 0 Å². The highest BCUT2D eigenvalue weighted by atomic mass is 28.3. The van der Waals surface area contributed by atoms with E-state index < -0.39 is 31.7 Å². The van der Waals surface area contributed by atoms with Crippen molar-refractivity contribution in [2.24, 2.45) is 5.92 Å². The van der Waals surface area contributed by atoms with Crippen molar-refractivity contribution in [3.05, 3.63) is 168 Å². The van der Waals surface area contributed by atoms with E-state index in [-0.39, 0.29) is 36.3 Å². The summed E-state index contributed by atoms with van der Waals surface area (Å²) in [7, 11) is -1.01. The second-order valence-electron chi connectivity index (χ2n) is 17.6. The molecule has 1 N–H and O–H groups in total. The Hall–Kier alpha value is -6.53. The first-order valence-electron chi connectivity index (χ1n) is 21.6. The maximum atomic E-state index is 15.8. The smallest absolute Gasteiger partial charge is 0.268 e. The van der Waals surface area contributed by atoms with Gasteiger partial charge >= 0.3 is 0 Å². The zero-order chi connectivity index (χ0) is 43.6. The summed E-state index contributed by atoms with van der Waals surface area (Å²) in [6, 6.07) is 45.7. The van der Waals surface area contributed by atoms with E-state index in [0.717, 1.165) is 22.1 Å². The summed E-state index contributed by atoms with van der Waals surface area (Å²) >= 11 is 0. The maximum absolute atomic E-state index is 15.8. The molecule has 0 saturated carbocycles. The van der Waals surface area contributed by atoms with Crippen LogP contribution in [0.2, 0.25) is 18.6 Å². The number of carbonyl (C=O) groups is 3. The van der Waals surface area contributed by atoms with Gasteiger partial charge in [0.25, 0.3) is 11.8 Å². The van der Waals surface area contributed by atoms with Gasteiger partial charge in [-0.05, 0) is 89.8 Å². The standard InChI is InChI=1S/C52H49N3O7Si/c1-33-49(63(3,4)40-25-23-39(60-2)24-26-40)47(30-48(57)53-31-35-15-9-8-14-34(35)28-38(53)32-56)62-52(33)42-29-37(22-27-43(42)55(51(52)59)36-16-6-5-7-17-36)54-44-19-11-13-21-46(44)61-45-20-12-10-18-41(45)50(54)58/h5-27,29,33,38,47,49,56H,28,30-32H2,1-4H3/t33-,38-,47+,49-,52+/m0/s1. The molecule has 4 aliphatic rings. The number of benzene rings is 6. The third-order valence-electron chi connectivity index (χ3n) is 13.9. The normalized spacial score (nSPS) is 22.5. The summed E-state index contributed by atoms with van der Waals surface area (Å²) < 4.78 is 19.4. The number of amides is 3. The number of rotatable bonds is 8. The largest absolute Gasteiger partial charge is 0.497 e. The molecule has 1 fully saturated rings. The minimum Gasteiger partial charge on any atom is -0.497 e. The van der Waals surface area contributed by atoms with Gasteiger partial charge in [0.15, 0.2) is 11.4 Å². The molecule has 0 aliphatic carbocycles. The lowest BCUT2D eigenvalue weighted by atomic mass is 9.82. The van der Waals surface area contributed by atoms with Gasteiger partial charge in [0.2, 0.25) is 5.91 Å². The Morgan fingerprint density at radius 2 is 1.46 bits per heavy atom. The third kappa shape index (κ3) is 6.48. The van der Waals surface area contributed by atoms with E-state index in [9.17, 15) is 14.7 Å². The molecule has 63 heavy (non-hydrogen) atoms. The number of hydrogen-bond acceptors (Lipinski definition) is 7. The van der Waals surface area contributed by atoms with Crippen LogP contribution < -0.4 is 24.5 Å². The Morgan fingerprint density at radius 3 is 2.21 bits per heavy atom. The summed E-state index contributed by atoms with van der Waals surface area (Å²) in [5.41, 5.74) is 3.88. The molecule has 1 saturated heterocycles. The van der Waals surface area contributed by atoms with E-state index in [1.54, 1.807) is 33.9 Å². The number of carbonyl (C=O) groups excluding carboxylic acids is 3. The fraction of sp³-hybridized carbons (Fsp3) is 0.250. The van der Waals surface area contributed by atoms with E-state index in [1.165, 1.54) is 0 Å². The lowest BCUT2D eigenvalue weighted by Crippen LogP contribution is -2.52. The van der Waals surface area contributed by atoms with Gasteiger partial charge in [-0.1, -0.05) is 104 Å². The summed E-state index contributed by atoms with van der Waals surface area (Å²) in [5.74, 6) is 0.634. The number of anilines is 4. The molecule has 4 aliphatic heterocycles. The minimum atomic E-state index is -2.66. The van der Waals surface area contributed by atoms with Crippen LogP contribution in [-0.4, -0.2) is 61.7 Å². The van der Waals surface area contributed by atoms with Gasteiger partial charge < -0.3 is 24.2 Å². The molecule has 318 valence electrons. The van der Waals surface area contributed by atoms with Gasteiger partial charge in [0.1, 0.15) is 11.5 Å². The monoisotopic (exact) mass is 855 g/mol. The highest BCUT2D eigenvalue weighted by Crippen LogP contribution is 2.62. The molecule has 1 spiro atoms. The van der Waals surface area contributed by atoms with Crippen molar-refractivity contribution in [1.82, 2.24) is 4.90 Å². The molecule has 10 rings (SSSR count). The summed E-state index contributed by atoms with van der Waals surface area (Å²) in [6.07, 6.45) is -0.111. The van der Waals surface area contributed by atoms with Crippen LogP contribution >= 0.6 is 0 Å². The first-order chi connectivity index (χ1) is 30.5. The van der Waals surface area contributed by atoms with Crippen molar-refractivity contribution >= 4 is 53.7 Å². The quantitative estimate of drug-likeness (QED) is 0.152. The molecule has 6 aromatic rings. The average molecular weight is 856 g/mol. The second-order valence-corrected chi connectivity index (χ2v) is 22.3. The first kappa shape index (κ1) is 40.5. The molecule has 4 heterocycles. The molecule has 3 amide bonds. The van der Waals surface area contributed by atoms with E-state index >= 15 is 4.79 Å². The molecule has 0 unspecified atom stereocenters. The van der Waals surface area contributed by atoms with E-state index in [2.05, 4.69) is 38.2 Å². The molecule has 0 aromatic heterocycles. The predicted molar refractivity (Wildman–Crippen MR) is 245 cm³/mol. The number of ether oxygens (including phenoxy) is 3. The SMILES string of the molecule is COc1ccc([Si](C)(C)[C@@H]2[C@@H](CC(=O)N3Cc4ccccc4C[C@H]3CO)O[C@]3(C(=O)N(c4ccccc4)c4ccc(N5C(=O)c6ccccc6Oc6ccccc65)cc43)[C@H]2C)cc1. The van der Waals surface area contributed by atoms with Gasteiger partial charge in [0, 0.05) is 29.4 Å². The second kappa shape index (κ2) is 15.7. The number of aliphatic hydroxyl groups excluding tert-OH is 1. The molecule has 0 radical (unpaired) electrons. The molecule has 6 aromatic carbocycles. The highest BCUT2D eigenvalue weighted by Gasteiger charge is 2.67. The Bertz CT molecular complexity index is 2760. The average Bonchev–Trinajstić information content (AvgIpc) is 3.69. The first-order valence-corrected chi connectivity index (χ1v) is 24.7. The minimum absolute atomic E-state index is 0.0156. The number of nitrogens with zero attached hydrogens (tertiary/aromatic N) is 3. The Labute approximate surface area is 368 Å². The maximum Gasteiger partial charge on any atom is 0.268 e. The highest BCUT2D eigenvalue weighted by molar-refractivity contribution is 6.91. The third-order valence-corrected chi connectivity index (χ3v) is 18.3. The van der Waals surface area contributed by atoms with E-state index in [4.69, 9.17) is 14.2 Å². The van der Waals surface area contributed by atoms with Crippen molar-refractivity contribution in [3.8, 4) is 17.2 Å². The van der Waals surface area contributed by atoms with Crippen LogP contribution in [-0.2, 0) is 32.9 Å². The molecule has 5 atom stereocenters. The zero-order valence-electron chi connectivity index (χ0n) is 35.7. The number of para-hydroxylation sites is 4. The van der Waals surface area contributed by atoms with Crippen LogP contribution in [0.5, 0.6) is 17.2 Å². The van der Waals surface area contributed by atoms with Crippen LogP contribution in [0.1, 0.15) is 40.4 Å². The van der Waals surface area contributed by atoms with Crippen molar-refractivity contribution in [2.45, 2.75) is 62.7 Å². The lowest BCUT2D eigenvalue weighted by Gasteiger charge is -2.39. The van der Waals surface area contributed by atoms with Crippen LogP contribution in [0.15, 0.2) is 146 Å². The van der Waals surface area contributed by atoms with E-state index in [0.29, 0.717) is 58.3 Å². The Morgan fingerprint density at radius 1 is 0.778 bits per heavy atom. The van der Waals surface area contributed by atoms with Crippen molar-refractivity contribution in [3.63, 3.8) is 0 Å². The fourth-order valence-electron chi connectivity index (χ4n) is 10.8. The van der Waals surface area contributed by atoms with Crippen LogP contribution in [0.4, 0.5) is 22.7 Å². The predicted octanol–water partition coefficient (Wildman–Crippen LogP) is 9.01. The summed E-state index contributed by atoms with van der Waals surface area (Å²) in [6.45, 7) is 6.89. The van der Waals surface area contributed by atoms with Gasteiger partial charge in [-0.25, -0.2) is 0 Å². The Kier molecular flexibility index (Phi) is 10.1. The van der Waals surface area contributed by atoms with Crippen molar-refractivity contribution in [2.75, 3.05) is 23.5 Å². The molecular formula is C52H49N3O7Si. The molecule has 0 bridgehead atoms. The molecule has 10 nitrogen and oxygen atoms in total. The van der Waals surface area contributed by atoms with Gasteiger partial charge in [-0.2, -0.15) is 0 Å². The van der Waals surface area contributed by atoms with Crippen molar-refractivity contribution in [1.29, 1.82) is 0 Å². The van der Waals surface area contributed by atoms with Crippen LogP contribution in [0.25, 0.3) is 0 Å².